The van der Waals surface area contributed by atoms with Crippen molar-refractivity contribution in [2.24, 2.45) is 5.73 Å². The first kappa shape index (κ1) is 12.5. The lowest BCUT2D eigenvalue weighted by atomic mass is 10.2. The first-order valence-corrected chi connectivity index (χ1v) is 6.34. The molecule has 3 aromatic rings. The van der Waals surface area contributed by atoms with E-state index in [1.54, 1.807) is 7.11 Å². The number of nitrogen functional groups attached to an aromatic ring is 1. The maximum absolute atomic E-state index is 5.85. The molecule has 102 valence electrons. The number of nitrogens with two attached hydrogens (primary N) is 2. The van der Waals surface area contributed by atoms with Gasteiger partial charge in [0, 0.05) is 18.3 Å². The predicted molar refractivity (Wildman–Crippen MR) is 79.5 cm³/mol. The third-order valence-corrected chi connectivity index (χ3v) is 3.31. The average molecular weight is 268 g/mol. The maximum atomic E-state index is 5.85. The summed E-state index contributed by atoms with van der Waals surface area (Å²) in [5, 5.41) is 0. The normalized spacial score (nSPS) is 10.9. The van der Waals surface area contributed by atoms with Crippen LogP contribution in [0.3, 0.4) is 0 Å². The van der Waals surface area contributed by atoms with Crippen molar-refractivity contribution in [3.05, 3.63) is 48.3 Å². The highest BCUT2D eigenvalue weighted by atomic mass is 16.5. The van der Waals surface area contributed by atoms with E-state index in [4.69, 9.17) is 16.2 Å². The molecule has 1 aromatic carbocycles. The molecule has 0 fully saturated rings. The topological polar surface area (TPSA) is 78.6 Å². The summed E-state index contributed by atoms with van der Waals surface area (Å²) in [5.41, 5.74) is 15.1. The van der Waals surface area contributed by atoms with Gasteiger partial charge < -0.3 is 16.2 Å². The lowest BCUT2D eigenvalue weighted by molar-refractivity contribution is 0.417. The van der Waals surface area contributed by atoms with Crippen molar-refractivity contribution in [3.63, 3.8) is 0 Å². The first-order valence-electron chi connectivity index (χ1n) is 6.34. The number of ether oxygens (including phenoxy) is 1. The smallest absolute Gasteiger partial charge is 0.145 e. The lowest BCUT2D eigenvalue weighted by Crippen LogP contribution is -1.96. The van der Waals surface area contributed by atoms with Crippen molar-refractivity contribution in [1.82, 2.24) is 9.38 Å². The summed E-state index contributed by atoms with van der Waals surface area (Å²) >= 11 is 0. The van der Waals surface area contributed by atoms with E-state index in [1.807, 2.05) is 47.0 Å². The van der Waals surface area contributed by atoms with Gasteiger partial charge in [-0.3, -0.25) is 4.40 Å². The Morgan fingerprint density at radius 2 is 2.10 bits per heavy atom. The van der Waals surface area contributed by atoms with Crippen LogP contribution in [0.5, 0.6) is 5.75 Å². The van der Waals surface area contributed by atoms with Crippen LogP contribution in [-0.4, -0.2) is 16.5 Å². The molecule has 5 heteroatoms. The number of hydrogen-bond donors (Lipinski definition) is 2. The average Bonchev–Trinajstić information content (AvgIpc) is 2.87. The van der Waals surface area contributed by atoms with Gasteiger partial charge in [-0.1, -0.05) is 6.07 Å². The minimum atomic E-state index is 0.402. The van der Waals surface area contributed by atoms with Crippen LogP contribution in [0.1, 0.15) is 5.69 Å². The van der Waals surface area contributed by atoms with E-state index >= 15 is 0 Å². The highest BCUT2D eigenvalue weighted by Crippen LogP contribution is 2.29. The second-order valence-corrected chi connectivity index (χ2v) is 4.50. The Kier molecular flexibility index (Phi) is 3.04. The summed E-state index contributed by atoms with van der Waals surface area (Å²) < 4.78 is 7.29. The number of hydrogen-bond acceptors (Lipinski definition) is 4. The molecule has 0 unspecified atom stereocenters. The van der Waals surface area contributed by atoms with Gasteiger partial charge in [0.2, 0.25) is 0 Å². The highest BCUT2D eigenvalue weighted by molar-refractivity contribution is 5.70. The van der Waals surface area contributed by atoms with Gasteiger partial charge >= 0.3 is 0 Å². The first-order chi connectivity index (χ1) is 9.74. The minimum absolute atomic E-state index is 0.402. The number of fused-ring (bicyclic) bond motifs is 1. The molecule has 0 saturated carbocycles. The fraction of sp³-hybridized carbons (Fsp3) is 0.133. The summed E-state index contributed by atoms with van der Waals surface area (Å²) in [4.78, 5) is 4.62. The van der Waals surface area contributed by atoms with Gasteiger partial charge in [0.1, 0.15) is 11.6 Å². The Morgan fingerprint density at radius 3 is 2.85 bits per heavy atom. The Morgan fingerprint density at radius 1 is 1.25 bits per heavy atom. The molecule has 0 radical (unpaired) electrons. The number of methoxy groups -OCH3 is 1. The van der Waals surface area contributed by atoms with Crippen molar-refractivity contribution in [2.75, 3.05) is 12.8 Å². The number of pyridine rings is 1. The molecule has 0 aliphatic rings. The number of rotatable bonds is 3. The summed E-state index contributed by atoms with van der Waals surface area (Å²) in [6.07, 6.45) is 1.97. The number of imidazole rings is 1. The van der Waals surface area contributed by atoms with E-state index in [1.165, 1.54) is 0 Å². The summed E-state index contributed by atoms with van der Waals surface area (Å²) in [6.45, 7) is 0.402. The highest BCUT2D eigenvalue weighted by Gasteiger charge is 2.12. The van der Waals surface area contributed by atoms with Gasteiger partial charge in [0.25, 0.3) is 0 Å². The molecule has 0 aliphatic carbocycles. The van der Waals surface area contributed by atoms with E-state index in [0.717, 1.165) is 22.6 Å². The predicted octanol–water partition coefficient (Wildman–Crippen LogP) is 2.05. The van der Waals surface area contributed by atoms with E-state index < -0.39 is 0 Å². The summed E-state index contributed by atoms with van der Waals surface area (Å²) in [5.74, 6) is 1.48. The molecule has 20 heavy (non-hydrogen) atoms. The van der Waals surface area contributed by atoms with Gasteiger partial charge in [-0.25, -0.2) is 4.98 Å². The second-order valence-electron chi connectivity index (χ2n) is 4.50. The number of benzene rings is 1. The van der Waals surface area contributed by atoms with E-state index in [0.29, 0.717) is 18.0 Å². The molecule has 5 nitrogen and oxygen atoms in total. The molecular formula is C15H16N4O. The van der Waals surface area contributed by atoms with Crippen molar-refractivity contribution in [1.29, 1.82) is 0 Å². The molecule has 2 heterocycles. The van der Waals surface area contributed by atoms with Crippen molar-refractivity contribution < 1.29 is 4.74 Å². The molecule has 3 rings (SSSR count). The van der Waals surface area contributed by atoms with Gasteiger partial charge in [0.05, 0.1) is 24.0 Å². The Bertz CT molecular complexity index is 764. The van der Waals surface area contributed by atoms with Crippen LogP contribution in [0, 0.1) is 0 Å². The summed E-state index contributed by atoms with van der Waals surface area (Å²) in [6, 6.07) is 11.6. The largest absolute Gasteiger partial charge is 0.495 e. The summed E-state index contributed by atoms with van der Waals surface area (Å²) in [7, 11) is 1.60. The molecule has 0 aliphatic heterocycles. The molecular weight excluding hydrogens is 252 g/mol. The lowest BCUT2D eigenvalue weighted by Gasteiger charge is -2.07. The molecule has 0 spiro atoms. The minimum Gasteiger partial charge on any atom is -0.495 e. The van der Waals surface area contributed by atoms with Crippen molar-refractivity contribution >= 4 is 11.2 Å². The Labute approximate surface area is 116 Å². The number of aromatic nitrogens is 2. The van der Waals surface area contributed by atoms with Crippen molar-refractivity contribution in [3.8, 4) is 17.1 Å². The van der Waals surface area contributed by atoms with Crippen LogP contribution in [0.25, 0.3) is 16.9 Å². The van der Waals surface area contributed by atoms with E-state index in [9.17, 15) is 0 Å². The molecule has 0 amide bonds. The zero-order valence-corrected chi connectivity index (χ0v) is 11.2. The van der Waals surface area contributed by atoms with Crippen LogP contribution >= 0.6 is 0 Å². The van der Waals surface area contributed by atoms with Crippen LogP contribution in [0.15, 0.2) is 42.6 Å². The zero-order valence-electron chi connectivity index (χ0n) is 11.2. The fourth-order valence-corrected chi connectivity index (χ4v) is 2.31. The van der Waals surface area contributed by atoms with Crippen molar-refractivity contribution in [2.45, 2.75) is 6.54 Å². The monoisotopic (exact) mass is 268 g/mol. The molecule has 4 N–H and O–H groups in total. The van der Waals surface area contributed by atoms with Crippen LogP contribution in [-0.2, 0) is 6.54 Å². The Hall–Kier alpha value is -2.53. The molecule has 0 bridgehead atoms. The van der Waals surface area contributed by atoms with Crippen LogP contribution in [0.4, 0.5) is 5.69 Å². The van der Waals surface area contributed by atoms with Crippen LogP contribution in [0.2, 0.25) is 0 Å². The van der Waals surface area contributed by atoms with E-state index in [2.05, 4.69) is 4.98 Å². The van der Waals surface area contributed by atoms with Gasteiger partial charge in [0.15, 0.2) is 0 Å². The molecule has 0 saturated heterocycles. The number of nitrogens with zero attached hydrogens (tertiary/aromatic N) is 2. The maximum Gasteiger partial charge on any atom is 0.145 e. The third kappa shape index (κ3) is 1.88. The van der Waals surface area contributed by atoms with E-state index in [-0.39, 0.29) is 0 Å². The second kappa shape index (κ2) is 4.86. The standard InChI is InChI=1S/C15H16N4O/c1-20-14-8-10(5-6-11(14)17)15-18-12(9-16)13-4-2-3-7-19(13)15/h2-8H,9,16-17H2,1H3. The zero-order chi connectivity index (χ0) is 14.1. The SMILES string of the molecule is COc1cc(-c2nc(CN)c3ccccn23)ccc1N. The Balaban J connectivity index is 2.24. The quantitative estimate of drug-likeness (QED) is 0.713. The van der Waals surface area contributed by atoms with Gasteiger partial charge in [-0.2, -0.15) is 0 Å². The molecule has 2 aromatic heterocycles. The number of anilines is 1. The van der Waals surface area contributed by atoms with Gasteiger partial charge in [-0.15, -0.1) is 0 Å². The molecule has 0 atom stereocenters. The van der Waals surface area contributed by atoms with Gasteiger partial charge in [-0.05, 0) is 30.3 Å². The fourth-order valence-electron chi connectivity index (χ4n) is 2.31. The third-order valence-electron chi connectivity index (χ3n) is 3.31. The van der Waals surface area contributed by atoms with Crippen LogP contribution < -0.4 is 16.2 Å².